The van der Waals surface area contributed by atoms with Crippen molar-refractivity contribution in [1.29, 1.82) is 0 Å². The van der Waals surface area contributed by atoms with Gasteiger partial charge in [-0.25, -0.2) is 0 Å². The first-order valence-electron chi connectivity index (χ1n) is 5.97. The summed E-state index contributed by atoms with van der Waals surface area (Å²) in [6.07, 6.45) is 7.53. The Labute approximate surface area is 96.5 Å². The summed E-state index contributed by atoms with van der Waals surface area (Å²) >= 11 is 0. The lowest BCUT2D eigenvalue weighted by molar-refractivity contribution is 0.0810. The van der Waals surface area contributed by atoms with Crippen LogP contribution in [-0.2, 0) is 4.74 Å². The van der Waals surface area contributed by atoms with Crippen molar-refractivity contribution in [1.82, 2.24) is 4.98 Å². The lowest BCUT2D eigenvalue weighted by atomic mass is 10.00. The van der Waals surface area contributed by atoms with Gasteiger partial charge in [0.2, 0.25) is 0 Å². The Hall–Kier alpha value is -0.930. The molecule has 0 aromatic carbocycles. The number of aromatic nitrogens is 1. The maximum Gasteiger partial charge on any atom is 0.0794 e. The first-order valence-corrected chi connectivity index (χ1v) is 5.97. The summed E-state index contributed by atoms with van der Waals surface area (Å²) < 4.78 is 5.55. The zero-order chi connectivity index (χ0) is 11.4. The van der Waals surface area contributed by atoms with Crippen LogP contribution in [0.4, 0.5) is 0 Å². The Morgan fingerprint density at radius 1 is 1.62 bits per heavy atom. The molecule has 2 atom stereocenters. The number of rotatable bonds is 4. The average Bonchev–Trinajstić information content (AvgIpc) is 2.79. The summed E-state index contributed by atoms with van der Waals surface area (Å²) in [7, 11) is 0. The molecule has 0 spiro atoms. The lowest BCUT2D eigenvalue weighted by Gasteiger charge is -2.15. The molecule has 88 valence electrons. The SMILES string of the molecule is Cc1cnccc1C(O)CCC1CCCO1. The fraction of sp³-hybridized carbons (Fsp3) is 0.615. The number of hydrogen-bond donors (Lipinski definition) is 1. The highest BCUT2D eigenvalue weighted by Gasteiger charge is 2.18. The minimum Gasteiger partial charge on any atom is -0.388 e. The molecule has 1 aliphatic rings. The van der Waals surface area contributed by atoms with E-state index in [0.29, 0.717) is 6.10 Å². The smallest absolute Gasteiger partial charge is 0.0794 e. The monoisotopic (exact) mass is 221 g/mol. The van der Waals surface area contributed by atoms with E-state index in [1.807, 2.05) is 13.0 Å². The number of pyridine rings is 1. The second kappa shape index (κ2) is 5.41. The van der Waals surface area contributed by atoms with Gasteiger partial charge in [0.05, 0.1) is 12.2 Å². The first kappa shape index (κ1) is 11.6. The number of hydrogen-bond acceptors (Lipinski definition) is 3. The van der Waals surface area contributed by atoms with Crippen molar-refractivity contribution in [3.63, 3.8) is 0 Å². The minimum atomic E-state index is -0.382. The van der Waals surface area contributed by atoms with Gasteiger partial charge in [0.15, 0.2) is 0 Å². The summed E-state index contributed by atoms with van der Waals surface area (Å²) in [5, 5.41) is 10.1. The van der Waals surface area contributed by atoms with E-state index in [0.717, 1.165) is 43.4 Å². The topological polar surface area (TPSA) is 42.4 Å². The summed E-state index contributed by atoms with van der Waals surface area (Å²) in [6, 6.07) is 1.90. The summed E-state index contributed by atoms with van der Waals surface area (Å²) in [4.78, 5) is 4.03. The molecule has 3 heteroatoms. The Balaban J connectivity index is 1.87. The molecule has 1 aromatic rings. The zero-order valence-electron chi connectivity index (χ0n) is 9.72. The number of aliphatic hydroxyl groups excluding tert-OH is 1. The van der Waals surface area contributed by atoms with Crippen LogP contribution in [-0.4, -0.2) is 22.8 Å². The molecule has 1 fully saturated rings. The van der Waals surface area contributed by atoms with E-state index in [1.54, 1.807) is 12.4 Å². The summed E-state index contributed by atoms with van der Waals surface area (Å²) in [5.41, 5.74) is 2.05. The predicted octanol–water partition coefficient (Wildman–Crippen LogP) is 2.38. The highest BCUT2D eigenvalue weighted by atomic mass is 16.5. The van der Waals surface area contributed by atoms with E-state index in [1.165, 1.54) is 0 Å². The molecule has 1 saturated heterocycles. The highest BCUT2D eigenvalue weighted by Crippen LogP contribution is 2.25. The summed E-state index contributed by atoms with van der Waals surface area (Å²) in [6.45, 7) is 2.87. The van der Waals surface area contributed by atoms with E-state index in [4.69, 9.17) is 4.74 Å². The lowest BCUT2D eigenvalue weighted by Crippen LogP contribution is -2.08. The van der Waals surface area contributed by atoms with Crippen LogP contribution in [0.25, 0.3) is 0 Å². The number of aryl methyl sites for hydroxylation is 1. The molecule has 2 rings (SSSR count). The summed E-state index contributed by atoms with van der Waals surface area (Å²) in [5.74, 6) is 0. The van der Waals surface area contributed by atoms with E-state index in [-0.39, 0.29) is 6.10 Å². The van der Waals surface area contributed by atoms with E-state index in [9.17, 15) is 5.11 Å². The maximum atomic E-state index is 10.1. The Morgan fingerprint density at radius 3 is 3.19 bits per heavy atom. The molecule has 3 nitrogen and oxygen atoms in total. The average molecular weight is 221 g/mol. The molecule has 1 aromatic heterocycles. The molecule has 1 aliphatic heterocycles. The molecule has 0 aliphatic carbocycles. The Kier molecular flexibility index (Phi) is 3.91. The standard InChI is InChI=1S/C13H19NO2/c1-10-9-14-7-6-12(10)13(15)5-4-11-3-2-8-16-11/h6-7,9,11,13,15H,2-5,8H2,1H3. The molecule has 1 N–H and O–H groups in total. The number of aliphatic hydroxyl groups is 1. The first-order chi connectivity index (χ1) is 7.77. The van der Waals surface area contributed by atoms with Crippen LogP contribution in [0.5, 0.6) is 0 Å². The van der Waals surface area contributed by atoms with Gasteiger partial charge in [-0.3, -0.25) is 4.98 Å². The third-order valence-electron chi connectivity index (χ3n) is 3.21. The highest BCUT2D eigenvalue weighted by molar-refractivity contribution is 5.23. The van der Waals surface area contributed by atoms with Crippen LogP contribution in [0.3, 0.4) is 0 Å². The van der Waals surface area contributed by atoms with Gasteiger partial charge in [0, 0.05) is 19.0 Å². The minimum absolute atomic E-state index is 0.358. The predicted molar refractivity (Wildman–Crippen MR) is 62.1 cm³/mol. The molecular weight excluding hydrogens is 202 g/mol. The fourth-order valence-corrected chi connectivity index (χ4v) is 2.23. The van der Waals surface area contributed by atoms with Gasteiger partial charge < -0.3 is 9.84 Å². The molecular formula is C13H19NO2. The van der Waals surface area contributed by atoms with Crippen LogP contribution >= 0.6 is 0 Å². The third-order valence-corrected chi connectivity index (χ3v) is 3.21. The van der Waals surface area contributed by atoms with Crippen molar-refractivity contribution >= 4 is 0 Å². The van der Waals surface area contributed by atoms with Crippen molar-refractivity contribution in [2.45, 2.75) is 44.8 Å². The normalized spacial score (nSPS) is 22.2. The molecule has 0 bridgehead atoms. The van der Waals surface area contributed by atoms with E-state index in [2.05, 4.69) is 4.98 Å². The molecule has 0 saturated carbocycles. The van der Waals surface area contributed by atoms with Gasteiger partial charge in [-0.15, -0.1) is 0 Å². The number of nitrogens with zero attached hydrogens (tertiary/aromatic N) is 1. The molecule has 2 heterocycles. The largest absolute Gasteiger partial charge is 0.388 e. The molecule has 16 heavy (non-hydrogen) atoms. The fourth-order valence-electron chi connectivity index (χ4n) is 2.23. The van der Waals surface area contributed by atoms with Gasteiger partial charge in [0.1, 0.15) is 0 Å². The number of ether oxygens (including phenoxy) is 1. The van der Waals surface area contributed by atoms with Gasteiger partial charge >= 0.3 is 0 Å². The van der Waals surface area contributed by atoms with E-state index < -0.39 is 0 Å². The van der Waals surface area contributed by atoms with Crippen molar-refractivity contribution < 1.29 is 9.84 Å². The second-order valence-electron chi connectivity index (χ2n) is 4.46. The second-order valence-corrected chi connectivity index (χ2v) is 4.46. The van der Waals surface area contributed by atoms with Crippen LogP contribution in [0.15, 0.2) is 18.5 Å². The molecule has 0 radical (unpaired) electrons. The van der Waals surface area contributed by atoms with Crippen LogP contribution in [0.2, 0.25) is 0 Å². The van der Waals surface area contributed by atoms with Gasteiger partial charge in [-0.2, -0.15) is 0 Å². The van der Waals surface area contributed by atoms with Gasteiger partial charge in [-0.05, 0) is 49.8 Å². The maximum absolute atomic E-state index is 10.1. The van der Waals surface area contributed by atoms with Crippen molar-refractivity contribution in [3.8, 4) is 0 Å². The van der Waals surface area contributed by atoms with Crippen LogP contribution in [0, 0.1) is 6.92 Å². The van der Waals surface area contributed by atoms with Crippen molar-refractivity contribution in [2.24, 2.45) is 0 Å². The Bertz CT molecular complexity index is 334. The zero-order valence-corrected chi connectivity index (χ0v) is 9.72. The van der Waals surface area contributed by atoms with Crippen molar-refractivity contribution in [2.75, 3.05) is 6.61 Å². The van der Waals surface area contributed by atoms with E-state index >= 15 is 0 Å². The molecule has 2 unspecified atom stereocenters. The van der Waals surface area contributed by atoms with Gasteiger partial charge in [0.25, 0.3) is 0 Å². The van der Waals surface area contributed by atoms with Crippen LogP contribution < -0.4 is 0 Å². The quantitative estimate of drug-likeness (QED) is 0.848. The van der Waals surface area contributed by atoms with Crippen LogP contribution in [0.1, 0.15) is 42.9 Å². The Morgan fingerprint density at radius 2 is 2.50 bits per heavy atom. The van der Waals surface area contributed by atoms with Crippen molar-refractivity contribution in [3.05, 3.63) is 29.6 Å². The molecule has 0 amide bonds. The third kappa shape index (κ3) is 2.80. The van der Waals surface area contributed by atoms with Gasteiger partial charge in [-0.1, -0.05) is 0 Å².